The van der Waals surface area contributed by atoms with Gasteiger partial charge >= 0.3 is 6.18 Å². The Labute approximate surface area is 198 Å². The Balaban J connectivity index is 1.48. The molecule has 5 rings (SSSR count). The number of amides is 1. The lowest BCUT2D eigenvalue weighted by Gasteiger charge is -2.18. The molecule has 2 aromatic heterocycles. The minimum absolute atomic E-state index is 0.0915. The minimum Gasteiger partial charge on any atom is -0.325 e. The van der Waals surface area contributed by atoms with Gasteiger partial charge in [0.05, 0.1) is 5.41 Å². The fourth-order valence-electron chi connectivity index (χ4n) is 3.94. The van der Waals surface area contributed by atoms with Crippen LogP contribution in [-0.2, 0) is 16.4 Å². The first-order valence-corrected chi connectivity index (χ1v) is 10.5. The zero-order chi connectivity index (χ0) is 25.7. The summed E-state index contributed by atoms with van der Waals surface area (Å²) >= 11 is 0. The summed E-state index contributed by atoms with van der Waals surface area (Å²) in [6.07, 6.45) is -3.10. The topological polar surface area (TPSA) is 96.5 Å². The van der Waals surface area contributed by atoms with Gasteiger partial charge in [-0.1, -0.05) is 12.1 Å². The summed E-state index contributed by atoms with van der Waals surface area (Å²) in [5.74, 6) is -4.19. The van der Waals surface area contributed by atoms with Gasteiger partial charge in [-0.25, -0.2) is 13.2 Å². The summed E-state index contributed by atoms with van der Waals surface area (Å²) in [7, 11) is 0. The lowest BCUT2D eigenvalue weighted by atomic mass is 9.93. The molecule has 0 aliphatic heterocycles. The average molecular weight is 504 g/mol. The number of halogens is 6. The fraction of sp³-hybridized carbons (Fsp3) is 0.174. The summed E-state index contributed by atoms with van der Waals surface area (Å²) in [5, 5.41) is 16.2. The van der Waals surface area contributed by atoms with Crippen LogP contribution in [0.1, 0.15) is 24.1 Å². The first kappa shape index (κ1) is 23.5. The number of rotatable bonds is 5. The van der Waals surface area contributed by atoms with Gasteiger partial charge in [0.15, 0.2) is 11.6 Å². The molecule has 0 atom stereocenters. The van der Waals surface area contributed by atoms with Crippen molar-refractivity contribution < 1.29 is 31.1 Å². The maximum atomic E-state index is 14.4. The smallest absolute Gasteiger partial charge is 0.325 e. The predicted octanol–water partition coefficient (Wildman–Crippen LogP) is 5.04. The molecule has 0 spiro atoms. The van der Waals surface area contributed by atoms with Gasteiger partial charge in [-0.15, -0.1) is 10.2 Å². The highest BCUT2D eigenvalue weighted by Gasteiger charge is 2.53. The van der Waals surface area contributed by atoms with E-state index in [-0.39, 0.29) is 29.9 Å². The van der Waals surface area contributed by atoms with Crippen LogP contribution in [0, 0.1) is 17.5 Å². The number of carbonyl (C=O) groups excluding carboxylic acids is 1. The number of carbonyl (C=O) groups is 1. The van der Waals surface area contributed by atoms with E-state index in [0.717, 1.165) is 12.3 Å². The molecule has 0 saturated heterocycles. The molecule has 2 heterocycles. The van der Waals surface area contributed by atoms with Crippen molar-refractivity contribution in [1.82, 2.24) is 25.6 Å². The number of alkyl halides is 3. The number of aromatic amines is 1. The summed E-state index contributed by atoms with van der Waals surface area (Å²) in [5.41, 5.74) is -1.39. The Morgan fingerprint density at radius 2 is 1.69 bits per heavy atom. The van der Waals surface area contributed by atoms with Crippen molar-refractivity contribution in [3.8, 4) is 22.5 Å². The van der Waals surface area contributed by atoms with Gasteiger partial charge in [0, 0.05) is 34.6 Å². The largest absolute Gasteiger partial charge is 0.433 e. The van der Waals surface area contributed by atoms with Crippen molar-refractivity contribution in [3.63, 3.8) is 0 Å². The van der Waals surface area contributed by atoms with Gasteiger partial charge in [0.1, 0.15) is 11.5 Å². The van der Waals surface area contributed by atoms with E-state index in [2.05, 4.69) is 30.9 Å². The number of hydrogen-bond acceptors (Lipinski definition) is 5. The van der Waals surface area contributed by atoms with E-state index in [1.807, 2.05) is 0 Å². The highest BCUT2D eigenvalue weighted by atomic mass is 19.4. The van der Waals surface area contributed by atoms with Gasteiger partial charge in [-0.3, -0.25) is 9.78 Å². The Morgan fingerprint density at radius 1 is 0.944 bits per heavy atom. The quantitative estimate of drug-likeness (QED) is 0.294. The Morgan fingerprint density at radius 3 is 2.31 bits per heavy atom. The molecular formula is C23H14F6N6O. The van der Waals surface area contributed by atoms with E-state index < -0.39 is 40.6 Å². The van der Waals surface area contributed by atoms with E-state index in [4.69, 9.17) is 0 Å². The standard InChI is InChI=1S/C23H14F6N6O/c24-16-9-18(26)17(25)8-15(16)22(5-6-22)21(36)31-12-2-3-13(14(7-12)20-32-34-35-33-20)11-1-4-19(30-10-11)23(27,28)29/h1-4,7-10H,5-6H2,(H,31,36)(H,32,33,34,35). The van der Waals surface area contributed by atoms with Gasteiger partial charge in [-0.05, 0) is 47.9 Å². The molecule has 1 fully saturated rings. The normalized spacial score (nSPS) is 14.5. The zero-order valence-corrected chi connectivity index (χ0v) is 18.0. The number of benzene rings is 2. The molecule has 184 valence electrons. The third-order valence-corrected chi connectivity index (χ3v) is 5.94. The Bertz CT molecular complexity index is 1450. The van der Waals surface area contributed by atoms with Crippen LogP contribution in [0.3, 0.4) is 0 Å². The lowest BCUT2D eigenvalue weighted by molar-refractivity contribution is -0.141. The second-order valence-corrected chi connectivity index (χ2v) is 8.21. The van der Waals surface area contributed by atoms with Crippen LogP contribution < -0.4 is 5.32 Å². The number of H-pyrrole nitrogens is 1. The first-order chi connectivity index (χ1) is 17.1. The van der Waals surface area contributed by atoms with E-state index in [1.54, 1.807) is 0 Å². The number of tetrazole rings is 1. The fourth-order valence-corrected chi connectivity index (χ4v) is 3.94. The molecule has 0 bridgehead atoms. The molecule has 1 aliphatic carbocycles. The first-order valence-electron chi connectivity index (χ1n) is 10.5. The van der Waals surface area contributed by atoms with Crippen LogP contribution in [0.5, 0.6) is 0 Å². The molecule has 7 nitrogen and oxygen atoms in total. The highest BCUT2D eigenvalue weighted by molar-refractivity contribution is 6.02. The monoisotopic (exact) mass is 504 g/mol. The van der Waals surface area contributed by atoms with E-state index in [1.165, 1.54) is 24.3 Å². The van der Waals surface area contributed by atoms with Crippen LogP contribution in [-0.4, -0.2) is 31.5 Å². The summed E-state index contributed by atoms with van der Waals surface area (Å²) in [6, 6.07) is 7.61. The molecule has 1 aliphatic rings. The highest BCUT2D eigenvalue weighted by Crippen LogP contribution is 2.50. The summed E-state index contributed by atoms with van der Waals surface area (Å²) < 4.78 is 80.2. The lowest BCUT2D eigenvalue weighted by Crippen LogP contribution is -2.29. The molecule has 0 unspecified atom stereocenters. The molecule has 13 heteroatoms. The predicted molar refractivity (Wildman–Crippen MR) is 114 cm³/mol. The Hall–Kier alpha value is -4.29. The van der Waals surface area contributed by atoms with Crippen molar-refractivity contribution in [2.45, 2.75) is 24.4 Å². The molecule has 36 heavy (non-hydrogen) atoms. The number of pyridine rings is 1. The van der Waals surface area contributed by atoms with Gasteiger partial charge in [-0.2, -0.15) is 18.4 Å². The summed E-state index contributed by atoms with van der Waals surface area (Å²) in [6.45, 7) is 0. The van der Waals surface area contributed by atoms with Crippen molar-refractivity contribution in [3.05, 3.63) is 77.4 Å². The number of aromatic nitrogens is 5. The van der Waals surface area contributed by atoms with Crippen LogP contribution in [0.2, 0.25) is 0 Å². The number of anilines is 1. The van der Waals surface area contributed by atoms with Crippen molar-refractivity contribution >= 4 is 11.6 Å². The number of hydrogen-bond donors (Lipinski definition) is 2. The SMILES string of the molecule is O=C(Nc1ccc(-c2ccc(C(F)(F)F)nc2)c(-c2nn[nH]n2)c1)C1(c2cc(F)c(F)cc2F)CC1. The van der Waals surface area contributed by atoms with Crippen LogP contribution >= 0.6 is 0 Å². The molecule has 1 amide bonds. The molecule has 0 radical (unpaired) electrons. The number of nitrogens with one attached hydrogen (secondary N) is 2. The van der Waals surface area contributed by atoms with Gasteiger partial charge < -0.3 is 5.32 Å². The third-order valence-electron chi connectivity index (χ3n) is 5.94. The van der Waals surface area contributed by atoms with Crippen LogP contribution in [0.4, 0.5) is 32.0 Å². The maximum Gasteiger partial charge on any atom is 0.433 e. The molecule has 1 saturated carbocycles. The van der Waals surface area contributed by atoms with Crippen molar-refractivity contribution in [1.29, 1.82) is 0 Å². The number of nitrogens with zero attached hydrogens (tertiary/aromatic N) is 4. The van der Waals surface area contributed by atoms with Crippen molar-refractivity contribution in [2.75, 3.05) is 5.32 Å². The van der Waals surface area contributed by atoms with Crippen molar-refractivity contribution in [2.24, 2.45) is 0 Å². The van der Waals surface area contributed by atoms with E-state index >= 15 is 0 Å². The molecule has 4 aromatic rings. The summed E-state index contributed by atoms with van der Waals surface area (Å²) in [4.78, 5) is 16.5. The third kappa shape index (κ3) is 4.16. The minimum atomic E-state index is -4.60. The molecule has 2 aromatic carbocycles. The van der Waals surface area contributed by atoms with Crippen LogP contribution in [0.25, 0.3) is 22.5 Å². The Kier molecular flexibility index (Phi) is 5.49. The van der Waals surface area contributed by atoms with E-state index in [0.29, 0.717) is 28.8 Å². The van der Waals surface area contributed by atoms with Crippen LogP contribution in [0.15, 0.2) is 48.7 Å². The van der Waals surface area contributed by atoms with E-state index in [9.17, 15) is 31.1 Å². The average Bonchev–Trinajstić information content (AvgIpc) is 3.46. The maximum absolute atomic E-state index is 14.4. The molecule has 2 N–H and O–H groups in total. The van der Waals surface area contributed by atoms with Gasteiger partial charge in [0.2, 0.25) is 11.7 Å². The van der Waals surface area contributed by atoms with Gasteiger partial charge in [0.25, 0.3) is 0 Å². The second-order valence-electron chi connectivity index (χ2n) is 8.21. The second kappa shape index (κ2) is 8.43. The zero-order valence-electron chi connectivity index (χ0n) is 18.0. The molecular weight excluding hydrogens is 490 g/mol.